The molecule has 4 nitrogen and oxygen atoms in total. The lowest BCUT2D eigenvalue weighted by Crippen LogP contribution is -2.75. The molecule has 0 rings (SSSR count). The van der Waals surface area contributed by atoms with Crippen molar-refractivity contribution < 1.29 is 115 Å². The summed E-state index contributed by atoms with van der Waals surface area (Å²) in [7, 11) is -7.89. The molecule has 1 unspecified atom stereocenters. The molecule has 0 saturated carbocycles. The zero-order valence-electron chi connectivity index (χ0n) is 18.3. The maximum absolute atomic E-state index is 13.9. The van der Waals surface area contributed by atoms with E-state index in [-0.39, 0.29) is 0 Å². The van der Waals surface area contributed by atoms with E-state index in [0.717, 1.165) is 0 Å². The first-order chi connectivity index (χ1) is 17.8. The van der Waals surface area contributed by atoms with Gasteiger partial charge in [0.2, 0.25) is 0 Å². The van der Waals surface area contributed by atoms with Gasteiger partial charge in [-0.15, -0.1) is 0 Å². The monoisotopic (exact) mass is 703 g/mol. The second-order valence-electron chi connectivity index (χ2n) is 7.26. The minimum atomic E-state index is -9.24. The van der Waals surface area contributed by atoms with E-state index in [1.807, 2.05) is 0 Å². The third kappa shape index (κ3) is 5.11. The van der Waals surface area contributed by atoms with E-state index in [1.54, 1.807) is 0 Å². The fraction of sp³-hybridized carbons (Fsp3) is 0.786. The van der Waals surface area contributed by atoms with Crippen molar-refractivity contribution in [2.45, 2.75) is 58.9 Å². The Morgan fingerprint density at radius 3 is 1.12 bits per heavy atom. The molecule has 42 heavy (non-hydrogen) atoms. The van der Waals surface area contributed by atoms with Gasteiger partial charge < -0.3 is 5.11 Å². The van der Waals surface area contributed by atoms with Crippen LogP contribution in [0.15, 0.2) is 11.7 Å². The smallest absolute Gasteiger partial charge is 0.460 e. The Kier molecular flexibility index (Phi) is 9.84. The lowest BCUT2D eigenvalue weighted by atomic mass is 9.91. The molecule has 0 aromatic heterocycles. The fourth-order valence-corrected chi connectivity index (χ4v) is 3.23. The molecule has 0 saturated heterocycles. The van der Waals surface area contributed by atoms with Crippen molar-refractivity contribution in [2.75, 3.05) is 7.05 Å². The average Bonchev–Trinajstić information content (AvgIpc) is 2.75. The van der Waals surface area contributed by atoms with Crippen molar-refractivity contribution in [3.05, 3.63) is 11.7 Å². The Labute approximate surface area is 215 Å². The lowest BCUT2D eigenvalue weighted by Gasteiger charge is -2.43. The molecule has 0 aliphatic heterocycles. The Morgan fingerprint density at radius 2 is 0.857 bits per heavy atom. The summed E-state index contributed by atoms with van der Waals surface area (Å²) in [6.07, 6.45) is -12.4. The van der Waals surface area contributed by atoms with Gasteiger partial charge in [0.25, 0.3) is 6.08 Å². The molecule has 1 atom stereocenters. The second kappa shape index (κ2) is 10.4. The molecular formula is C14H4F23NO3S. The largest absolute Gasteiger partial charge is 0.478 e. The van der Waals surface area contributed by atoms with Crippen molar-refractivity contribution in [3.63, 3.8) is 0 Å². The summed E-state index contributed by atoms with van der Waals surface area (Å²) in [4.78, 5) is 10.4. The molecular weight excluding hydrogens is 699 g/mol. The van der Waals surface area contributed by atoms with E-state index in [0.29, 0.717) is 0 Å². The summed E-state index contributed by atoms with van der Waals surface area (Å²) in [5.74, 6) is -64.8. The second-order valence-corrected chi connectivity index (χ2v) is 8.82. The van der Waals surface area contributed by atoms with E-state index in [1.165, 1.54) is 0 Å². The van der Waals surface area contributed by atoms with Crippen LogP contribution >= 0.6 is 0 Å². The van der Waals surface area contributed by atoms with Gasteiger partial charge in [0.05, 0.1) is 0 Å². The number of hydrogen-bond donors (Lipinski definition) is 1. The van der Waals surface area contributed by atoms with E-state index in [9.17, 15) is 110 Å². The van der Waals surface area contributed by atoms with Crippen molar-refractivity contribution >= 4 is 17.0 Å². The van der Waals surface area contributed by atoms with Crippen LogP contribution < -0.4 is 0 Å². The number of carbonyl (C=O) groups is 1. The first kappa shape index (κ1) is 39.7. The molecule has 0 aromatic carbocycles. The maximum Gasteiger partial charge on any atom is 0.460 e. The van der Waals surface area contributed by atoms with Crippen LogP contribution in [0.3, 0.4) is 0 Å². The Hall–Kier alpha value is -2.29. The Balaban J connectivity index is 7.14. The molecule has 0 radical (unpaired) electrons. The highest BCUT2D eigenvalue weighted by Gasteiger charge is 2.96. The lowest BCUT2D eigenvalue weighted by molar-refractivity contribution is -0.458. The summed E-state index contributed by atoms with van der Waals surface area (Å²) >= 11 is 0. The summed E-state index contributed by atoms with van der Waals surface area (Å²) in [5.41, 5.74) is -4.09. The number of nitrogens with zero attached hydrogens (tertiary/aromatic N) is 1. The minimum Gasteiger partial charge on any atom is -0.478 e. The van der Waals surface area contributed by atoms with Crippen LogP contribution in [-0.4, -0.2) is 85.6 Å². The first-order valence-electron chi connectivity index (χ1n) is 8.75. The number of carboxylic acid groups (broad SMARTS) is 1. The van der Waals surface area contributed by atoms with Crippen LogP contribution in [0, 0.1) is 0 Å². The molecule has 0 fully saturated rings. The SMILES string of the molecule is CN(S(=O)C(F)(F)C(F)(F)C(F)(F)C(F)(F)C(F)(F)C(F)(F)C(F)(F)C(F)(F)F)C(F)(F)C(F)(F)C(C(=O)O)=C(F)F. The standard InChI is InChI=1S/C14H4F23NO3S/c1-38(13(34,35)5(17,18)2(3(15)16)4(39)40)42(41)14(36,37)11(29,30)9(25,26)7(21,22)6(19,20)8(23,24)10(27,28)12(31,32)33/h1H3,(H,39,40). The summed E-state index contributed by atoms with van der Waals surface area (Å²) in [6, 6.07) is -7.27. The average molecular weight is 703 g/mol. The van der Waals surface area contributed by atoms with Gasteiger partial charge in [-0.2, -0.15) is 105 Å². The zero-order valence-corrected chi connectivity index (χ0v) is 19.1. The van der Waals surface area contributed by atoms with E-state index in [2.05, 4.69) is 0 Å². The quantitative estimate of drug-likeness (QED) is 0.135. The number of halogens is 23. The summed E-state index contributed by atoms with van der Waals surface area (Å²) < 4.78 is 313. The number of alkyl halides is 21. The van der Waals surface area contributed by atoms with Crippen molar-refractivity contribution in [1.29, 1.82) is 0 Å². The number of hydrogen-bond acceptors (Lipinski definition) is 2. The van der Waals surface area contributed by atoms with Crippen LogP contribution in [0.2, 0.25) is 0 Å². The molecule has 250 valence electrons. The molecule has 0 aliphatic rings. The molecule has 0 bridgehead atoms. The normalized spacial score (nSPS) is 16.5. The van der Waals surface area contributed by atoms with Crippen LogP contribution in [0.5, 0.6) is 0 Å². The third-order valence-corrected chi connectivity index (χ3v) is 6.07. The van der Waals surface area contributed by atoms with Gasteiger partial charge in [-0.05, 0) is 0 Å². The molecule has 0 amide bonds. The molecule has 0 spiro atoms. The molecule has 28 heteroatoms. The van der Waals surface area contributed by atoms with E-state index < -0.39 is 98.9 Å². The third-order valence-electron chi connectivity index (χ3n) is 4.65. The number of aliphatic carboxylic acids is 1. The highest BCUT2D eigenvalue weighted by molar-refractivity contribution is 7.83. The maximum atomic E-state index is 13.9. The van der Waals surface area contributed by atoms with Gasteiger partial charge in [-0.3, -0.25) is 0 Å². The Bertz CT molecular complexity index is 1100. The minimum absolute atomic E-state index is 1.31. The van der Waals surface area contributed by atoms with Gasteiger partial charge in [0, 0.05) is 7.05 Å². The predicted octanol–water partition coefficient (Wildman–Crippen LogP) is 7.01. The fourth-order valence-electron chi connectivity index (χ4n) is 2.22. The highest BCUT2D eigenvalue weighted by Crippen LogP contribution is 2.64. The molecule has 1 N–H and O–H groups in total. The molecule has 0 aliphatic carbocycles. The highest BCUT2D eigenvalue weighted by atomic mass is 32.2. The first-order valence-corrected chi connectivity index (χ1v) is 9.86. The topological polar surface area (TPSA) is 57.6 Å². The van der Waals surface area contributed by atoms with E-state index >= 15 is 0 Å². The van der Waals surface area contributed by atoms with Gasteiger partial charge in [0.15, 0.2) is 16.6 Å². The van der Waals surface area contributed by atoms with Crippen molar-refractivity contribution in [2.24, 2.45) is 0 Å². The van der Waals surface area contributed by atoms with Crippen molar-refractivity contribution in [3.8, 4) is 0 Å². The summed E-state index contributed by atoms with van der Waals surface area (Å²) in [5, 5.41) is -0.0555. The van der Waals surface area contributed by atoms with Crippen molar-refractivity contribution in [1.82, 2.24) is 4.31 Å². The van der Waals surface area contributed by atoms with Crippen LogP contribution in [-0.2, 0) is 15.8 Å². The zero-order chi connectivity index (χ0) is 34.9. The van der Waals surface area contributed by atoms with Gasteiger partial charge in [-0.1, -0.05) is 0 Å². The molecule has 0 aromatic rings. The van der Waals surface area contributed by atoms with Gasteiger partial charge in [-0.25, -0.2) is 9.00 Å². The van der Waals surface area contributed by atoms with Gasteiger partial charge >= 0.3 is 64.9 Å². The number of carboxylic acids is 1. The van der Waals surface area contributed by atoms with Crippen LogP contribution in [0.25, 0.3) is 0 Å². The van der Waals surface area contributed by atoms with Gasteiger partial charge in [0.1, 0.15) is 0 Å². The predicted molar refractivity (Wildman–Crippen MR) is 83.4 cm³/mol. The molecule has 0 heterocycles. The van der Waals surface area contributed by atoms with Crippen LogP contribution in [0.1, 0.15) is 0 Å². The summed E-state index contributed by atoms with van der Waals surface area (Å²) in [6.45, 7) is 0. The van der Waals surface area contributed by atoms with E-state index in [4.69, 9.17) is 5.11 Å². The Morgan fingerprint density at radius 1 is 0.571 bits per heavy atom. The van der Waals surface area contributed by atoms with Crippen LogP contribution in [0.4, 0.5) is 101 Å². The number of rotatable bonds is 12.